The molecule has 0 saturated heterocycles. The van der Waals surface area contributed by atoms with Crippen LogP contribution in [0.25, 0.3) is 0 Å². The Bertz CT molecular complexity index is 237. The standard InChI is InChI=1S/C6H10N2O6/c7-5(6(13)14)8(1-3(9)10)2-4(11)12/h5H,1-2,7H2,(H,9,10)(H,11,12)(H,13,14). The summed E-state index contributed by atoms with van der Waals surface area (Å²) in [6, 6.07) is 0. The van der Waals surface area contributed by atoms with E-state index in [0.717, 1.165) is 0 Å². The summed E-state index contributed by atoms with van der Waals surface area (Å²) in [5, 5.41) is 25.1. The largest absolute Gasteiger partial charge is 0.480 e. The molecular formula is C6H10N2O6. The van der Waals surface area contributed by atoms with Crippen LogP contribution in [-0.4, -0.2) is 57.4 Å². The molecule has 0 saturated carbocycles. The first-order valence-electron chi connectivity index (χ1n) is 3.50. The molecule has 0 aromatic rings. The van der Waals surface area contributed by atoms with Crippen molar-refractivity contribution in [2.24, 2.45) is 5.73 Å². The number of hydrogen-bond donors (Lipinski definition) is 4. The first-order valence-corrected chi connectivity index (χ1v) is 3.50. The summed E-state index contributed by atoms with van der Waals surface area (Å²) in [6.45, 7) is -1.47. The van der Waals surface area contributed by atoms with E-state index in [9.17, 15) is 14.4 Å². The molecule has 0 aromatic heterocycles. The van der Waals surface area contributed by atoms with Crippen molar-refractivity contribution in [3.63, 3.8) is 0 Å². The summed E-state index contributed by atoms with van der Waals surface area (Å²) in [7, 11) is 0. The Kier molecular flexibility index (Phi) is 4.53. The summed E-state index contributed by atoms with van der Waals surface area (Å²) < 4.78 is 0. The fourth-order valence-electron chi connectivity index (χ4n) is 0.756. The summed E-state index contributed by atoms with van der Waals surface area (Å²) in [5.41, 5.74) is 5.06. The van der Waals surface area contributed by atoms with Gasteiger partial charge in [0.25, 0.3) is 0 Å². The summed E-state index contributed by atoms with van der Waals surface area (Å²) in [4.78, 5) is 31.4. The van der Waals surface area contributed by atoms with Crippen molar-refractivity contribution in [2.75, 3.05) is 13.1 Å². The zero-order valence-corrected chi connectivity index (χ0v) is 7.08. The third kappa shape index (κ3) is 4.38. The molecule has 8 heteroatoms. The number of carboxylic acid groups (broad SMARTS) is 3. The second-order valence-corrected chi connectivity index (χ2v) is 2.48. The van der Waals surface area contributed by atoms with Gasteiger partial charge in [0.1, 0.15) is 0 Å². The number of aliphatic carboxylic acids is 3. The van der Waals surface area contributed by atoms with E-state index in [-0.39, 0.29) is 0 Å². The SMILES string of the molecule is NC(C(=O)O)N(CC(=O)O)CC(=O)O. The van der Waals surface area contributed by atoms with E-state index in [1.807, 2.05) is 0 Å². The van der Waals surface area contributed by atoms with Crippen molar-refractivity contribution in [2.45, 2.75) is 6.17 Å². The van der Waals surface area contributed by atoms with Crippen LogP contribution in [0, 0.1) is 0 Å². The second kappa shape index (κ2) is 5.14. The minimum Gasteiger partial charge on any atom is -0.480 e. The maximum atomic E-state index is 10.4. The van der Waals surface area contributed by atoms with Gasteiger partial charge in [-0.1, -0.05) is 0 Å². The number of carbonyl (C=O) groups is 3. The molecule has 0 fully saturated rings. The maximum absolute atomic E-state index is 10.4. The molecule has 0 heterocycles. The van der Waals surface area contributed by atoms with Gasteiger partial charge in [-0.15, -0.1) is 0 Å². The first kappa shape index (κ1) is 12.3. The molecule has 5 N–H and O–H groups in total. The van der Waals surface area contributed by atoms with Crippen molar-refractivity contribution in [3.8, 4) is 0 Å². The van der Waals surface area contributed by atoms with Crippen LogP contribution in [0.5, 0.6) is 0 Å². The van der Waals surface area contributed by atoms with Gasteiger partial charge in [-0.2, -0.15) is 0 Å². The van der Waals surface area contributed by atoms with Crippen LogP contribution < -0.4 is 5.73 Å². The molecule has 0 rings (SSSR count). The quantitative estimate of drug-likeness (QED) is 0.359. The first-order chi connectivity index (χ1) is 6.34. The smallest absolute Gasteiger partial charge is 0.335 e. The molecule has 1 unspecified atom stereocenters. The zero-order chi connectivity index (χ0) is 11.3. The fraction of sp³-hybridized carbons (Fsp3) is 0.500. The lowest BCUT2D eigenvalue weighted by atomic mass is 10.4. The van der Waals surface area contributed by atoms with E-state index >= 15 is 0 Å². The molecule has 0 aliphatic heterocycles. The average Bonchev–Trinajstić information content (AvgIpc) is 1.99. The Morgan fingerprint density at radius 1 is 1.07 bits per heavy atom. The molecule has 0 spiro atoms. The van der Waals surface area contributed by atoms with Gasteiger partial charge in [-0.05, 0) is 0 Å². The number of nitrogens with two attached hydrogens (primary N) is 1. The second-order valence-electron chi connectivity index (χ2n) is 2.48. The van der Waals surface area contributed by atoms with E-state index < -0.39 is 37.2 Å². The Morgan fingerprint density at radius 3 is 1.64 bits per heavy atom. The van der Waals surface area contributed by atoms with E-state index in [4.69, 9.17) is 21.1 Å². The van der Waals surface area contributed by atoms with Gasteiger partial charge in [-0.3, -0.25) is 14.5 Å². The third-order valence-corrected chi connectivity index (χ3v) is 1.32. The van der Waals surface area contributed by atoms with Gasteiger partial charge in [0.2, 0.25) is 0 Å². The topological polar surface area (TPSA) is 141 Å². The van der Waals surface area contributed by atoms with E-state index in [1.165, 1.54) is 0 Å². The highest BCUT2D eigenvalue weighted by atomic mass is 16.4. The van der Waals surface area contributed by atoms with Crippen LogP contribution in [0.15, 0.2) is 0 Å². The Hall–Kier alpha value is -1.67. The van der Waals surface area contributed by atoms with Crippen LogP contribution in [0.2, 0.25) is 0 Å². The molecule has 8 nitrogen and oxygen atoms in total. The molecule has 0 radical (unpaired) electrons. The zero-order valence-electron chi connectivity index (χ0n) is 7.08. The molecule has 0 bridgehead atoms. The van der Waals surface area contributed by atoms with E-state index in [1.54, 1.807) is 0 Å². The summed E-state index contributed by atoms with van der Waals surface area (Å²) in [5.74, 6) is -4.17. The fourth-order valence-corrected chi connectivity index (χ4v) is 0.756. The summed E-state index contributed by atoms with van der Waals surface area (Å²) in [6.07, 6.45) is -1.64. The summed E-state index contributed by atoms with van der Waals surface area (Å²) >= 11 is 0. The third-order valence-electron chi connectivity index (χ3n) is 1.32. The van der Waals surface area contributed by atoms with Gasteiger partial charge in [-0.25, -0.2) is 4.79 Å². The highest BCUT2D eigenvalue weighted by Gasteiger charge is 2.25. The average molecular weight is 206 g/mol. The van der Waals surface area contributed by atoms with Gasteiger partial charge in [0, 0.05) is 0 Å². The van der Waals surface area contributed by atoms with Gasteiger partial charge in [0.15, 0.2) is 6.17 Å². The number of hydrogen-bond acceptors (Lipinski definition) is 5. The van der Waals surface area contributed by atoms with Gasteiger partial charge >= 0.3 is 17.9 Å². The van der Waals surface area contributed by atoms with Crippen LogP contribution in [0.3, 0.4) is 0 Å². The minimum absolute atomic E-state index is 0.618. The Morgan fingerprint density at radius 2 is 1.43 bits per heavy atom. The Balaban J connectivity index is 4.45. The lowest BCUT2D eigenvalue weighted by molar-refractivity contribution is -0.148. The van der Waals surface area contributed by atoms with Crippen LogP contribution in [0.4, 0.5) is 0 Å². The molecule has 14 heavy (non-hydrogen) atoms. The van der Waals surface area contributed by atoms with Crippen molar-refractivity contribution < 1.29 is 29.7 Å². The van der Waals surface area contributed by atoms with Crippen molar-refractivity contribution in [3.05, 3.63) is 0 Å². The number of nitrogens with zero attached hydrogens (tertiary/aromatic N) is 1. The van der Waals surface area contributed by atoms with Crippen LogP contribution >= 0.6 is 0 Å². The molecule has 80 valence electrons. The molecule has 0 amide bonds. The predicted molar refractivity (Wildman–Crippen MR) is 42.5 cm³/mol. The van der Waals surface area contributed by atoms with E-state index in [2.05, 4.69) is 0 Å². The predicted octanol–water partition coefficient (Wildman–Crippen LogP) is -2.17. The van der Waals surface area contributed by atoms with Crippen molar-refractivity contribution >= 4 is 17.9 Å². The maximum Gasteiger partial charge on any atom is 0.335 e. The number of rotatable bonds is 6. The van der Waals surface area contributed by atoms with Crippen molar-refractivity contribution in [1.29, 1.82) is 0 Å². The van der Waals surface area contributed by atoms with Crippen molar-refractivity contribution in [1.82, 2.24) is 4.90 Å². The lowest BCUT2D eigenvalue weighted by Gasteiger charge is -2.21. The van der Waals surface area contributed by atoms with Gasteiger partial charge < -0.3 is 21.1 Å². The minimum atomic E-state index is -1.64. The lowest BCUT2D eigenvalue weighted by Crippen LogP contribution is -2.51. The molecule has 0 aliphatic rings. The number of carboxylic acids is 3. The van der Waals surface area contributed by atoms with Crippen LogP contribution in [0.1, 0.15) is 0 Å². The van der Waals surface area contributed by atoms with E-state index in [0.29, 0.717) is 4.90 Å². The van der Waals surface area contributed by atoms with Crippen LogP contribution in [-0.2, 0) is 14.4 Å². The highest BCUT2D eigenvalue weighted by Crippen LogP contribution is 1.93. The molecule has 0 aromatic carbocycles. The monoisotopic (exact) mass is 206 g/mol. The molecular weight excluding hydrogens is 196 g/mol. The highest BCUT2D eigenvalue weighted by molar-refractivity contribution is 5.77. The molecule has 0 aliphatic carbocycles. The molecule has 1 atom stereocenters. The Labute approximate surface area is 78.5 Å². The van der Waals surface area contributed by atoms with Gasteiger partial charge in [0.05, 0.1) is 13.1 Å². The normalized spacial score (nSPS) is 12.4.